The topological polar surface area (TPSA) is 70.7 Å². The van der Waals surface area contributed by atoms with Crippen LogP contribution in [0.2, 0.25) is 0 Å². The Labute approximate surface area is 148 Å². The van der Waals surface area contributed by atoms with Crippen LogP contribution in [0.4, 0.5) is 5.69 Å². The van der Waals surface area contributed by atoms with Crippen molar-refractivity contribution in [2.45, 2.75) is 32.6 Å². The molecule has 0 aliphatic carbocycles. The Bertz CT molecular complexity index is 632. The fraction of sp³-hybridized carbons (Fsp3) is 0.579. The van der Waals surface area contributed by atoms with Gasteiger partial charge in [0.2, 0.25) is 5.91 Å². The molecular weight excluding hydrogens is 318 g/mol. The number of rotatable bonds is 6. The maximum Gasteiger partial charge on any atom is 0.257 e. The minimum Gasteiger partial charge on any atom is -0.484 e. The lowest BCUT2D eigenvalue weighted by molar-refractivity contribution is -0.123. The van der Waals surface area contributed by atoms with Crippen LogP contribution < -0.4 is 15.4 Å². The Kier molecular flexibility index (Phi) is 5.91. The van der Waals surface area contributed by atoms with E-state index in [9.17, 15) is 9.59 Å². The van der Waals surface area contributed by atoms with Crippen molar-refractivity contribution in [3.05, 3.63) is 23.8 Å². The van der Waals surface area contributed by atoms with Gasteiger partial charge in [-0.2, -0.15) is 0 Å². The highest BCUT2D eigenvalue weighted by atomic mass is 16.5. The monoisotopic (exact) mass is 345 g/mol. The lowest BCUT2D eigenvalue weighted by atomic mass is 10.0. The summed E-state index contributed by atoms with van der Waals surface area (Å²) in [5.74, 6) is 1.36. The molecule has 1 unspecified atom stereocenters. The minimum absolute atomic E-state index is 0.0154. The number of carbonyl (C=O) groups is 2. The van der Waals surface area contributed by atoms with Crippen LogP contribution in [-0.4, -0.2) is 49.5 Å². The van der Waals surface area contributed by atoms with Gasteiger partial charge in [-0.15, -0.1) is 0 Å². The average Bonchev–Trinajstić information content (AvgIpc) is 2.60. The number of aryl methyl sites for hydroxylation is 1. The normalized spacial score (nSPS) is 20.5. The molecule has 1 atom stereocenters. The standard InChI is InChI=1S/C19H27N3O3/c1-14-3-2-9-22(12-14)10-8-20-19(24)13-25-16-5-6-17-15(11-16)4-7-18(23)21-17/h5-6,11,14H,2-4,7-10,12-13H2,1H3,(H,20,24)(H,21,23). The molecule has 0 bridgehead atoms. The second-order valence-corrected chi connectivity index (χ2v) is 7.05. The van der Waals surface area contributed by atoms with Crippen molar-refractivity contribution < 1.29 is 14.3 Å². The van der Waals surface area contributed by atoms with Gasteiger partial charge < -0.3 is 20.3 Å². The number of nitrogens with one attached hydrogen (secondary N) is 2. The van der Waals surface area contributed by atoms with Crippen LogP contribution in [0.15, 0.2) is 18.2 Å². The zero-order valence-corrected chi connectivity index (χ0v) is 14.8. The van der Waals surface area contributed by atoms with Crippen LogP contribution in [0.3, 0.4) is 0 Å². The number of hydrogen-bond acceptors (Lipinski definition) is 4. The van der Waals surface area contributed by atoms with Crippen molar-refractivity contribution in [1.82, 2.24) is 10.2 Å². The number of amides is 2. The van der Waals surface area contributed by atoms with Gasteiger partial charge in [-0.3, -0.25) is 9.59 Å². The van der Waals surface area contributed by atoms with Gasteiger partial charge in [-0.25, -0.2) is 0 Å². The Morgan fingerprint density at radius 2 is 2.28 bits per heavy atom. The first-order valence-electron chi connectivity index (χ1n) is 9.15. The first-order valence-corrected chi connectivity index (χ1v) is 9.15. The number of anilines is 1. The van der Waals surface area contributed by atoms with Crippen LogP contribution >= 0.6 is 0 Å². The number of likely N-dealkylation sites (tertiary alicyclic amines) is 1. The van der Waals surface area contributed by atoms with E-state index in [2.05, 4.69) is 22.5 Å². The molecule has 2 aliphatic heterocycles. The molecule has 1 aromatic carbocycles. The van der Waals surface area contributed by atoms with Gasteiger partial charge in [0.25, 0.3) is 5.91 Å². The summed E-state index contributed by atoms with van der Waals surface area (Å²) in [5, 5.41) is 5.76. The fourth-order valence-electron chi connectivity index (χ4n) is 3.49. The van der Waals surface area contributed by atoms with E-state index < -0.39 is 0 Å². The van der Waals surface area contributed by atoms with Crippen molar-refractivity contribution in [1.29, 1.82) is 0 Å². The molecule has 2 N–H and O–H groups in total. The molecule has 1 fully saturated rings. The summed E-state index contributed by atoms with van der Waals surface area (Å²) in [5.41, 5.74) is 1.89. The van der Waals surface area contributed by atoms with Gasteiger partial charge in [0.05, 0.1) is 0 Å². The maximum atomic E-state index is 11.9. The second-order valence-electron chi connectivity index (χ2n) is 7.05. The molecular formula is C19H27N3O3. The number of nitrogens with zero attached hydrogens (tertiary/aromatic N) is 1. The highest BCUT2D eigenvalue weighted by Gasteiger charge is 2.17. The fourth-order valence-corrected chi connectivity index (χ4v) is 3.49. The highest BCUT2D eigenvalue weighted by Crippen LogP contribution is 2.26. The average molecular weight is 345 g/mol. The molecule has 2 amide bonds. The third-order valence-corrected chi connectivity index (χ3v) is 4.83. The molecule has 0 spiro atoms. The molecule has 1 aromatic rings. The summed E-state index contributed by atoms with van der Waals surface area (Å²) >= 11 is 0. The zero-order chi connectivity index (χ0) is 17.6. The van der Waals surface area contributed by atoms with E-state index in [1.165, 1.54) is 12.8 Å². The predicted octanol–water partition coefficient (Wildman–Crippen LogP) is 1.80. The van der Waals surface area contributed by atoms with Crippen molar-refractivity contribution in [3.8, 4) is 5.75 Å². The largest absolute Gasteiger partial charge is 0.484 e. The van der Waals surface area contributed by atoms with E-state index in [1.807, 2.05) is 12.1 Å². The lowest BCUT2D eigenvalue weighted by Crippen LogP contribution is -2.41. The molecule has 25 heavy (non-hydrogen) atoms. The third-order valence-electron chi connectivity index (χ3n) is 4.83. The Hall–Kier alpha value is -2.08. The number of piperidine rings is 1. The van der Waals surface area contributed by atoms with Crippen LogP contribution in [0.25, 0.3) is 0 Å². The Balaban J connectivity index is 1.38. The summed E-state index contributed by atoms with van der Waals surface area (Å²) in [6.07, 6.45) is 3.75. The predicted molar refractivity (Wildman–Crippen MR) is 96.7 cm³/mol. The first kappa shape index (κ1) is 17.7. The van der Waals surface area contributed by atoms with E-state index >= 15 is 0 Å². The summed E-state index contributed by atoms with van der Waals surface area (Å²) in [6.45, 7) is 6.10. The van der Waals surface area contributed by atoms with Gasteiger partial charge in [-0.1, -0.05) is 6.92 Å². The molecule has 0 saturated carbocycles. The molecule has 3 rings (SSSR count). The van der Waals surface area contributed by atoms with Crippen LogP contribution in [0.1, 0.15) is 31.7 Å². The number of ether oxygens (including phenoxy) is 1. The summed E-state index contributed by atoms with van der Waals surface area (Å²) in [6, 6.07) is 5.52. The van der Waals surface area contributed by atoms with Crippen molar-refractivity contribution in [3.63, 3.8) is 0 Å². The van der Waals surface area contributed by atoms with Gasteiger partial charge in [0, 0.05) is 31.7 Å². The van der Waals surface area contributed by atoms with Crippen molar-refractivity contribution >= 4 is 17.5 Å². The zero-order valence-electron chi connectivity index (χ0n) is 14.8. The highest BCUT2D eigenvalue weighted by molar-refractivity contribution is 5.94. The quantitative estimate of drug-likeness (QED) is 0.825. The van der Waals surface area contributed by atoms with E-state index in [1.54, 1.807) is 6.07 Å². The SMILES string of the molecule is CC1CCCN(CCNC(=O)COc2ccc3c(c2)CCC(=O)N3)C1. The maximum absolute atomic E-state index is 11.9. The molecule has 6 heteroatoms. The minimum atomic E-state index is -0.101. The number of carbonyl (C=O) groups excluding carboxylic acids is 2. The number of hydrogen-bond donors (Lipinski definition) is 2. The van der Waals surface area contributed by atoms with Crippen LogP contribution in [0, 0.1) is 5.92 Å². The molecule has 0 radical (unpaired) electrons. The van der Waals surface area contributed by atoms with Gasteiger partial charge in [0.15, 0.2) is 6.61 Å². The molecule has 0 aromatic heterocycles. The summed E-state index contributed by atoms with van der Waals surface area (Å²) in [7, 11) is 0. The summed E-state index contributed by atoms with van der Waals surface area (Å²) < 4.78 is 5.58. The molecule has 2 heterocycles. The second kappa shape index (κ2) is 8.34. The number of fused-ring (bicyclic) bond motifs is 1. The van der Waals surface area contributed by atoms with Gasteiger partial charge >= 0.3 is 0 Å². The summed E-state index contributed by atoms with van der Waals surface area (Å²) in [4.78, 5) is 25.7. The van der Waals surface area contributed by atoms with E-state index in [0.717, 1.165) is 36.8 Å². The van der Waals surface area contributed by atoms with Gasteiger partial charge in [-0.05, 0) is 55.5 Å². The van der Waals surface area contributed by atoms with E-state index in [4.69, 9.17) is 4.74 Å². The first-order chi connectivity index (χ1) is 12.1. The van der Waals surface area contributed by atoms with Gasteiger partial charge in [0.1, 0.15) is 5.75 Å². The smallest absolute Gasteiger partial charge is 0.257 e. The van der Waals surface area contributed by atoms with Crippen LogP contribution in [-0.2, 0) is 16.0 Å². The molecule has 136 valence electrons. The molecule has 1 saturated heterocycles. The molecule has 6 nitrogen and oxygen atoms in total. The van der Waals surface area contributed by atoms with E-state index in [0.29, 0.717) is 25.1 Å². The van der Waals surface area contributed by atoms with Crippen molar-refractivity contribution in [2.75, 3.05) is 38.1 Å². The Morgan fingerprint density at radius 1 is 1.40 bits per heavy atom. The lowest BCUT2D eigenvalue weighted by Gasteiger charge is -2.30. The Morgan fingerprint density at radius 3 is 3.12 bits per heavy atom. The van der Waals surface area contributed by atoms with Crippen LogP contribution in [0.5, 0.6) is 5.75 Å². The third kappa shape index (κ3) is 5.19. The van der Waals surface area contributed by atoms with E-state index in [-0.39, 0.29) is 18.4 Å². The van der Waals surface area contributed by atoms with Crippen molar-refractivity contribution in [2.24, 2.45) is 5.92 Å². The molecule has 2 aliphatic rings. The number of benzene rings is 1.